The molecule has 1 aliphatic heterocycles. The molecule has 5 nitrogen and oxygen atoms in total. The van der Waals surface area contributed by atoms with Gasteiger partial charge in [0.2, 0.25) is 0 Å². The third kappa shape index (κ3) is 4.23. The molecule has 0 aromatic carbocycles. The van der Waals surface area contributed by atoms with Gasteiger partial charge in [-0.3, -0.25) is 19.4 Å². The van der Waals surface area contributed by atoms with Gasteiger partial charge < -0.3 is 0 Å². The second-order valence-electron chi connectivity index (χ2n) is 6.01. The van der Waals surface area contributed by atoms with Crippen LogP contribution >= 0.6 is 11.8 Å². The van der Waals surface area contributed by atoms with E-state index in [0.29, 0.717) is 18.8 Å². The van der Waals surface area contributed by atoms with Crippen LogP contribution in [0.4, 0.5) is 4.79 Å². The van der Waals surface area contributed by atoms with Crippen molar-refractivity contribution in [3.05, 3.63) is 0 Å². The first-order valence-corrected chi connectivity index (χ1v) is 7.43. The largest absolute Gasteiger partial charge is 0.334 e. The van der Waals surface area contributed by atoms with Gasteiger partial charge in [0.1, 0.15) is 0 Å². The number of hydrogen-bond donors (Lipinski definition) is 0. The standard InChI is InChI=1S/C13H22N2O3S/c1-9(2)8-15-11(17)10(16)14(12(15)18)6-7-19-13(3,4)5/h9H,6-8H2,1-5H3. The topological polar surface area (TPSA) is 57.7 Å². The molecule has 0 aromatic heterocycles. The first kappa shape index (κ1) is 16.0. The van der Waals surface area contributed by atoms with Gasteiger partial charge in [-0.2, -0.15) is 11.8 Å². The molecule has 0 radical (unpaired) electrons. The van der Waals surface area contributed by atoms with E-state index in [1.807, 2.05) is 13.8 Å². The van der Waals surface area contributed by atoms with E-state index in [-0.39, 0.29) is 10.7 Å². The second-order valence-corrected chi connectivity index (χ2v) is 7.93. The molecular weight excluding hydrogens is 264 g/mol. The van der Waals surface area contributed by atoms with E-state index in [1.165, 1.54) is 0 Å². The Morgan fingerprint density at radius 1 is 1.05 bits per heavy atom. The van der Waals surface area contributed by atoms with Gasteiger partial charge in [0, 0.05) is 23.6 Å². The van der Waals surface area contributed by atoms with Crippen LogP contribution in [-0.4, -0.2) is 51.2 Å². The Morgan fingerprint density at radius 2 is 1.58 bits per heavy atom. The van der Waals surface area contributed by atoms with Crippen molar-refractivity contribution in [2.24, 2.45) is 5.92 Å². The molecule has 108 valence electrons. The van der Waals surface area contributed by atoms with E-state index in [2.05, 4.69) is 20.8 Å². The predicted octanol–water partition coefficient (Wildman–Crippen LogP) is 1.96. The summed E-state index contributed by atoms with van der Waals surface area (Å²) in [6.45, 7) is 10.6. The molecule has 0 saturated carbocycles. The van der Waals surface area contributed by atoms with Crippen LogP contribution in [-0.2, 0) is 9.59 Å². The lowest BCUT2D eigenvalue weighted by Crippen LogP contribution is -2.36. The van der Waals surface area contributed by atoms with Crippen molar-refractivity contribution in [2.45, 2.75) is 39.4 Å². The van der Waals surface area contributed by atoms with Crippen LogP contribution in [0.1, 0.15) is 34.6 Å². The molecule has 1 rings (SSSR count). The molecule has 0 aliphatic carbocycles. The van der Waals surface area contributed by atoms with E-state index >= 15 is 0 Å². The lowest BCUT2D eigenvalue weighted by atomic mass is 10.2. The Bertz CT molecular complexity index is 388. The quantitative estimate of drug-likeness (QED) is 0.572. The van der Waals surface area contributed by atoms with Gasteiger partial charge in [0.25, 0.3) is 0 Å². The first-order chi connectivity index (χ1) is 8.63. The van der Waals surface area contributed by atoms with Crippen molar-refractivity contribution in [2.75, 3.05) is 18.8 Å². The van der Waals surface area contributed by atoms with Crippen LogP contribution < -0.4 is 0 Å². The Morgan fingerprint density at radius 3 is 2.05 bits per heavy atom. The summed E-state index contributed by atoms with van der Waals surface area (Å²) >= 11 is 1.66. The molecule has 0 bridgehead atoms. The van der Waals surface area contributed by atoms with Crippen molar-refractivity contribution in [1.82, 2.24) is 9.80 Å². The van der Waals surface area contributed by atoms with Crippen LogP contribution in [0.15, 0.2) is 0 Å². The second kappa shape index (κ2) is 5.94. The van der Waals surface area contributed by atoms with Crippen molar-refractivity contribution >= 4 is 29.6 Å². The highest BCUT2D eigenvalue weighted by molar-refractivity contribution is 8.00. The number of carbonyl (C=O) groups excluding carboxylic acids is 3. The summed E-state index contributed by atoms with van der Waals surface area (Å²) in [6, 6.07) is -0.474. The lowest BCUT2D eigenvalue weighted by molar-refractivity contribution is -0.143. The van der Waals surface area contributed by atoms with Crippen molar-refractivity contribution in [3.63, 3.8) is 0 Å². The molecule has 19 heavy (non-hydrogen) atoms. The highest BCUT2D eigenvalue weighted by Crippen LogP contribution is 2.24. The minimum absolute atomic E-state index is 0.0768. The zero-order valence-corrected chi connectivity index (χ0v) is 13.0. The van der Waals surface area contributed by atoms with E-state index in [0.717, 1.165) is 9.80 Å². The summed E-state index contributed by atoms with van der Waals surface area (Å²) in [4.78, 5) is 37.6. The van der Waals surface area contributed by atoms with E-state index in [9.17, 15) is 14.4 Å². The van der Waals surface area contributed by atoms with E-state index in [1.54, 1.807) is 11.8 Å². The molecule has 0 aromatic rings. The Balaban J connectivity index is 2.63. The molecule has 4 amide bonds. The van der Waals surface area contributed by atoms with Crippen LogP contribution in [0.25, 0.3) is 0 Å². The fraction of sp³-hybridized carbons (Fsp3) is 0.769. The molecular formula is C13H22N2O3S. The van der Waals surface area contributed by atoms with Crippen molar-refractivity contribution < 1.29 is 14.4 Å². The van der Waals surface area contributed by atoms with Gasteiger partial charge in [0.15, 0.2) is 0 Å². The van der Waals surface area contributed by atoms with Crippen LogP contribution in [0.2, 0.25) is 0 Å². The summed E-state index contributed by atoms with van der Waals surface area (Å²) in [5, 5.41) is 0. The molecule has 1 saturated heterocycles. The van der Waals surface area contributed by atoms with E-state index < -0.39 is 17.8 Å². The number of rotatable bonds is 5. The molecule has 0 N–H and O–H groups in total. The third-order valence-electron chi connectivity index (χ3n) is 2.53. The maximum atomic E-state index is 12.0. The third-order valence-corrected chi connectivity index (χ3v) is 3.79. The SMILES string of the molecule is CC(C)CN1C(=O)C(=O)N(CCSC(C)(C)C)C1=O. The molecule has 1 heterocycles. The van der Waals surface area contributed by atoms with Crippen LogP contribution in [0.5, 0.6) is 0 Å². The molecule has 0 spiro atoms. The minimum atomic E-state index is -0.695. The van der Waals surface area contributed by atoms with Gasteiger partial charge in [-0.1, -0.05) is 34.6 Å². The Hall–Kier alpha value is -1.04. The fourth-order valence-corrected chi connectivity index (χ4v) is 2.60. The number of carbonyl (C=O) groups is 3. The highest BCUT2D eigenvalue weighted by atomic mass is 32.2. The zero-order valence-electron chi connectivity index (χ0n) is 12.2. The molecule has 0 atom stereocenters. The first-order valence-electron chi connectivity index (χ1n) is 6.45. The highest BCUT2D eigenvalue weighted by Gasteiger charge is 2.44. The Kier molecular flexibility index (Phi) is 5.01. The normalized spacial score (nSPS) is 17.1. The number of imide groups is 2. The smallest absolute Gasteiger partial charge is 0.263 e. The summed E-state index contributed by atoms with van der Waals surface area (Å²) in [5.74, 6) is -0.590. The van der Waals surface area contributed by atoms with Gasteiger partial charge in [-0.05, 0) is 5.92 Å². The number of urea groups is 1. The molecule has 6 heteroatoms. The Labute approximate surface area is 118 Å². The van der Waals surface area contributed by atoms with Crippen LogP contribution in [0.3, 0.4) is 0 Å². The monoisotopic (exact) mass is 286 g/mol. The summed E-state index contributed by atoms with van der Waals surface area (Å²) in [6.07, 6.45) is 0. The number of amides is 4. The average Bonchev–Trinajstić information content (AvgIpc) is 2.44. The van der Waals surface area contributed by atoms with E-state index in [4.69, 9.17) is 0 Å². The predicted molar refractivity (Wildman–Crippen MR) is 75.9 cm³/mol. The maximum Gasteiger partial charge on any atom is 0.334 e. The fourth-order valence-electron chi connectivity index (χ4n) is 1.72. The average molecular weight is 286 g/mol. The van der Waals surface area contributed by atoms with Crippen molar-refractivity contribution in [3.8, 4) is 0 Å². The zero-order chi connectivity index (χ0) is 14.8. The molecule has 0 unspecified atom stereocenters. The van der Waals surface area contributed by atoms with Gasteiger partial charge in [-0.15, -0.1) is 0 Å². The maximum absolute atomic E-state index is 12.0. The van der Waals surface area contributed by atoms with Gasteiger partial charge >= 0.3 is 17.8 Å². The summed E-state index contributed by atoms with van der Waals surface area (Å²) in [5.41, 5.74) is 0. The number of nitrogens with zero attached hydrogens (tertiary/aromatic N) is 2. The number of hydrogen-bond acceptors (Lipinski definition) is 4. The van der Waals surface area contributed by atoms with Crippen molar-refractivity contribution in [1.29, 1.82) is 0 Å². The van der Waals surface area contributed by atoms with Gasteiger partial charge in [-0.25, -0.2) is 4.79 Å². The molecule has 1 aliphatic rings. The minimum Gasteiger partial charge on any atom is -0.263 e. The summed E-state index contributed by atoms with van der Waals surface area (Å²) in [7, 11) is 0. The number of thioether (sulfide) groups is 1. The van der Waals surface area contributed by atoms with Gasteiger partial charge in [0.05, 0.1) is 0 Å². The molecule has 1 fully saturated rings. The summed E-state index contributed by atoms with van der Waals surface area (Å²) < 4.78 is 0.0768. The lowest BCUT2D eigenvalue weighted by Gasteiger charge is -2.20. The van der Waals surface area contributed by atoms with Crippen LogP contribution in [0, 0.1) is 5.92 Å².